The molecule has 0 spiro atoms. The summed E-state index contributed by atoms with van der Waals surface area (Å²) >= 11 is 0. The van der Waals surface area contributed by atoms with Gasteiger partial charge in [0, 0.05) is 17.7 Å². The maximum Gasteiger partial charge on any atom is 0.358 e. The molecule has 1 unspecified atom stereocenters. The molecule has 0 aliphatic carbocycles. The predicted molar refractivity (Wildman–Crippen MR) is 68.3 cm³/mol. The van der Waals surface area contributed by atoms with Crippen molar-refractivity contribution < 1.29 is 14.6 Å². The second-order valence-corrected chi connectivity index (χ2v) is 4.51. The molecule has 1 aromatic heterocycles. The van der Waals surface area contributed by atoms with Gasteiger partial charge in [-0.2, -0.15) is 5.10 Å². The van der Waals surface area contributed by atoms with Gasteiger partial charge in [0.2, 0.25) is 0 Å². The Morgan fingerprint density at radius 3 is 3.05 bits per heavy atom. The van der Waals surface area contributed by atoms with Crippen LogP contribution < -0.4 is 10.5 Å². The van der Waals surface area contributed by atoms with E-state index < -0.39 is 5.97 Å². The first-order valence-electron chi connectivity index (χ1n) is 5.93. The number of nitrogens with two attached hydrogens (primary N) is 1. The molecule has 1 aliphatic rings. The molecular weight excluding hydrogens is 246 g/mol. The number of fused-ring (bicyclic) bond motifs is 1. The number of anilines is 1. The van der Waals surface area contributed by atoms with Crippen molar-refractivity contribution in [2.75, 3.05) is 12.3 Å². The van der Waals surface area contributed by atoms with E-state index in [1.165, 1.54) is 0 Å². The normalized spacial score (nSPS) is 16.9. The van der Waals surface area contributed by atoms with Crippen molar-refractivity contribution in [1.82, 2.24) is 9.78 Å². The number of aromatic nitrogens is 2. The lowest BCUT2D eigenvalue weighted by atomic mass is 10.0. The molecule has 0 amide bonds. The number of ether oxygens (including phenoxy) is 1. The van der Waals surface area contributed by atoms with Crippen LogP contribution in [0.2, 0.25) is 0 Å². The molecule has 6 heteroatoms. The maximum atomic E-state index is 10.9. The van der Waals surface area contributed by atoms with Crippen molar-refractivity contribution >= 4 is 11.7 Å². The summed E-state index contributed by atoms with van der Waals surface area (Å²) in [5.74, 6) is -0.0671. The lowest BCUT2D eigenvalue weighted by molar-refractivity contribution is 0.0690. The Labute approximate surface area is 109 Å². The molecular formula is C13H13N3O3. The van der Waals surface area contributed by atoms with Gasteiger partial charge in [-0.1, -0.05) is 18.2 Å². The average molecular weight is 259 g/mol. The number of hydrogen-bond acceptors (Lipinski definition) is 4. The molecule has 0 bridgehead atoms. The number of benzene rings is 1. The summed E-state index contributed by atoms with van der Waals surface area (Å²) in [6.45, 7) is 1.12. The third kappa shape index (κ3) is 2.01. The average Bonchev–Trinajstić information content (AvgIpc) is 2.95. The molecule has 1 aliphatic heterocycles. The minimum Gasteiger partial charge on any atom is -0.493 e. The van der Waals surface area contributed by atoms with E-state index in [0.717, 1.165) is 11.3 Å². The largest absolute Gasteiger partial charge is 0.493 e. The van der Waals surface area contributed by atoms with Gasteiger partial charge in [0.1, 0.15) is 5.75 Å². The van der Waals surface area contributed by atoms with Gasteiger partial charge in [-0.25, -0.2) is 4.79 Å². The summed E-state index contributed by atoms with van der Waals surface area (Å²) < 4.78 is 7.14. The molecule has 0 saturated carbocycles. The standard InChI is InChI=1S/C13H13N3O3/c14-10-6-16(15-12(10)13(17)18)5-8-7-19-11-4-2-1-3-9(8)11/h1-4,6,8H,5,7,14H2,(H,17,18). The molecule has 1 atom stereocenters. The number of carboxylic acids is 1. The third-order valence-corrected chi connectivity index (χ3v) is 3.20. The van der Waals surface area contributed by atoms with E-state index in [1.807, 2.05) is 24.3 Å². The minimum absolute atomic E-state index is 0.104. The van der Waals surface area contributed by atoms with E-state index in [-0.39, 0.29) is 17.3 Å². The van der Waals surface area contributed by atoms with Crippen molar-refractivity contribution in [3.63, 3.8) is 0 Å². The van der Waals surface area contributed by atoms with Gasteiger partial charge in [-0.3, -0.25) is 4.68 Å². The van der Waals surface area contributed by atoms with Gasteiger partial charge in [-0.15, -0.1) is 0 Å². The fourth-order valence-electron chi connectivity index (χ4n) is 2.30. The Balaban J connectivity index is 1.84. The molecule has 3 N–H and O–H groups in total. The predicted octanol–water partition coefficient (Wildman–Crippen LogP) is 1.34. The van der Waals surface area contributed by atoms with Crippen LogP contribution in [0.5, 0.6) is 5.75 Å². The van der Waals surface area contributed by atoms with Crippen molar-refractivity contribution in [3.05, 3.63) is 41.7 Å². The van der Waals surface area contributed by atoms with E-state index in [4.69, 9.17) is 15.6 Å². The van der Waals surface area contributed by atoms with Crippen LogP contribution in [0.1, 0.15) is 22.0 Å². The van der Waals surface area contributed by atoms with Crippen LogP contribution in [-0.2, 0) is 6.54 Å². The molecule has 0 saturated heterocycles. The number of hydrogen-bond donors (Lipinski definition) is 2. The van der Waals surface area contributed by atoms with Gasteiger partial charge in [0.25, 0.3) is 0 Å². The van der Waals surface area contributed by atoms with E-state index in [1.54, 1.807) is 10.9 Å². The first-order valence-corrected chi connectivity index (χ1v) is 5.93. The molecule has 3 rings (SSSR count). The Morgan fingerprint density at radius 2 is 2.32 bits per heavy atom. The van der Waals surface area contributed by atoms with E-state index in [9.17, 15) is 4.79 Å². The number of carbonyl (C=O) groups is 1. The van der Waals surface area contributed by atoms with Crippen molar-refractivity contribution in [2.24, 2.45) is 0 Å². The summed E-state index contributed by atoms with van der Waals surface area (Å²) in [6.07, 6.45) is 1.55. The zero-order valence-electron chi connectivity index (χ0n) is 10.1. The molecule has 2 heterocycles. The number of para-hydroxylation sites is 1. The highest BCUT2D eigenvalue weighted by Gasteiger charge is 2.25. The van der Waals surface area contributed by atoms with Gasteiger partial charge in [0.05, 0.1) is 18.8 Å². The number of aromatic carboxylic acids is 1. The molecule has 0 radical (unpaired) electrons. The zero-order chi connectivity index (χ0) is 13.4. The first kappa shape index (κ1) is 11.6. The highest BCUT2D eigenvalue weighted by atomic mass is 16.5. The summed E-state index contributed by atoms with van der Waals surface area (Å²) in [5.41, 5.74) is 6.81. The summed E-state index contributed by atoms with van der Waals surface area (Å²) in [4.78, 5) is 10.9. The maximum absolute atomic E-state index is 10.9. The Kier molecular flexibility index (Phi) is 2.63. The second kappa shape index (κ2) is 4.31. The van der Waals surface area contributed by atoms with Crippen molar-refractivity contribution in [1.29, 1.82) is 0 Å². The molecule has 2 aromatic rings. The molecule has 98 valence electrons. The lowest BCUT2D eigenvalue weighted by Crippen LogP contribution is -2.12. The van der Waals surface area contributed by atoms with E-state index in [0.29, 0.717) is 13.2 Å². The topological polar surface area (TPSA) is 90.4 Å². The Morgan fingerprint density at radius 1 is 1.53 bits per heavy atom. The number of rotatable bonds is 3. The number of nitrogen functional groups attached to an aromatic ring is 1. The Hall–Kier alpha value is -2.50. The molecule has 1 aromatic carbocycles. The summed E-state index contributed by atoms with van der Waals surface area (Å²) in [7, 11) is 0. The molecule has 0 fully saturated rings. The lowest BCUT2D eigenvalue weighted by Gasteiger charge is -2.08. The monoisotopic (exact) mass is 259 g/mol. The Bertz CT molecular complexity index is 636. The number of nitrogens with zero attached hydrogens (tertiary/aromatic N) is 2. The van der Waals surface area contributed by atoms with Crippen LogP contribution in [0.15, 0.2) is 30.5 Å². The van der Waals surface area contributed by atoms with Crippen LogP contribution in [-0.4, -0.2) is 27.5 Å². The van der Waals surface area contributed by atoms with Gasteiger partial charge < -0.3 is 15.6 Å². The van der Waals surface area contributed by atoms with Crippen LogP contribution >= 0.6 is 0 Å². The SMILES string of the molecule is Nc1cn(CC2COc3ccccc32)nc1C(=O)O. The third-order valence-electron chi connectivity index (χ3n) is 3.20. The molecule has 19 heavy (non-hydrogen) atoms. The summed E-state index contributed by atoms with van der Waals surface area (Å²) in [6, 6.07) is 7.82. The fraction of sp³-hybridized carbons (Fsp3) is 0.231. The van der Waals surface area contributed by atoms with Gasteiger partial charge in [0.15, 0.2) is 5.69 Å². The number of carboxylic acid groups (broad SMARTS) is 1. The highest BCUT2D eigenvalue weighted by molar-refractivity contribution is 5.91. The van der Waals surface area contributed by atoms with E-state index in [2.05, 4.69) is 5.10 Å². The van der Waals surface area contributed by atoms with Gasteiger partial charge >= 0.3 is 5.97 Å². The van der Waals surface area contributed by atoms with Crippen LogP contribution in [0, 0.1) is 0 Å². The minimum atomic E-state index is -1.11. The molecule has 6 nitrogen and oxygen atoms in total. The summed E-state index contributed by atoms with van der Waals surface area (Å²) in [5, 5.41) is 12.9. The second-order valence-electron chi connectivity index (χ2n) is 4.51. The van der Waals surface area contributed by atoms with E-state index >= 15 is 0 Å². The zero-order valence-corrected chi connectivity index (χ0v) is 10.1. The van der Waals surface area contributed by atoms with Crippen molar-refractivity contribution in [3.8, 4) is 5.75 Å². The smallest absolute Gasteiger partial charge is 0.358 e. The van der Waals surface area contributed by atoms with Gasteiger partial charge in [-0.05, 0) is 6.07 Å². The highest BCUT2D eigenvalue weighted by Crippen LogP contribution is 2.34. The van der Waals surface area contributed by atoms with Crippen LogP contribution in [0.25, 0.3) is 0 Å². The van der Waals surface area contributed by atoms with Crippen LogP contribution in [0.4, 0.5) is 5.69 Å². The fourth-order valence-corrected chi connectivity index (χ4v) is 2.30. The quantitative estimate of drug-likeness (QED) is 0.868. The van der Waals surface area contributed by atoms with Crippen LogP contribution in [0.3, 0.4) is 0 Å². The first-order chi connectivity index (χ1) is 9.15. The van der Waals surface area contributed by atoms with Crippen molar-refractivity contribution in [2.45, 2.75) is 12.5 Å².